The second-order valence-electron chi connectivity index (χ2n) is 4.22. The topological polar surface area (TPSA) is 61.7 Å². The number of nitrogens with one attached hydrogen (secondary N) is 1. The fourth-order valence-corrected chi connectivity index (χ4v) is 1.61. The Morgan fingerprint density at radius 3 is 2.65 bits per heavy atom. The summed E-state index contributed by atoms with van der Waals surface area (Å²) in [5.41, 5.74) is 3.84. The number of rotatable bonds is 3. The minimum absolute atomic E-state index is 0.118. The van der Waals surface area contributed by atoms with Crippen LogP contribution >= 0.6 is 0 Å². The van der Waals surface area contributed by atoms with Crippen LogP contribution in [-0.2, 0) is 0 Å². The summed E-state index contributed by atoms with van der Waals surface area (Å²) in [6.07, 6.45) is 1.35. The second kappa shape index (κ2) is 5.97. The van der Waals surface area contributed by atoms with Gasteiger partial charge in [-0.1, -0.05) is 12.1 Å². The van der Waals surface area contributed by atoms with Crippen LogP contribution in [0.1, 0.15) is 21.5 Å². The highest BCUT2D eigenvalue weighted by Gasteiger charge is 2.04. The zero-order chi connectivity index (χ0) is 14.5. The summed E-state index contributed by atoms with van der Waals surface area (Å²) >= 11 is 0. The number of hydrogen-bond donors (Lipinski definition) is 2. The van der Waals surface area contributed by atoms with E-state index in [0.29, 0.717) is 11.1 Å². The van der Waals surface area contributed by atoms with Crippen molar-refractivity contribution in [3.05, 3.63) is 65.0 Å². The van der Waals surface area contributed by atoms with E-state index >= 15 is 0 Å². The van der Waals surface area contributed by atoms with Crippen LogP contribution in [0, 0.1) is 12.7 Å². The van der Waals surface area contributed by atoms with Crippen molar-refractivity contribution in [2.45, 2.75) is 6.92 Å². The van der Waals surface area contributed by atoms with Crippen molar-refractivity contribution in [3.8, 4) is 5.75 Å². The van der Waals surface area contributed by atoms with Crippen LogP contribution in [0.3, 0.4) is 0 Å². The number of phenols is 1. The van der Waals surface area contributed by atoms with Crippen molar-refractivity contribution in [1.29, 1.82) is 0 Å². The third kappa shape index (κ3) is 3.20. The summed E-state index contributed by atoms with van der Waals surface area (Å²) < 4.78 is 12.7. The average Bonchev–Trinajstić information content (AvgIpc) is 2.44. The van der Waals surface area contributed by atoms with Crippen molar-refractivity contribution in [1.82, 2.24) is 5.43 Å². The monoisotopic (exact) mass is 272 g/mol. The number of aromatic hydroxyl groups is 1. The number of aryl methyl sites for hydroxylation is 1. The molecule has 0 saturated heterocycles. The van der Waals surface area contributed by atoms with Gasteiger partial charge in [-0.3, -0.25) is 4.79 Å². The predicted molar refractivity (Wildman–Crippen MR) is 74.3 cm³/mol. The maximum absolute atomic E-state index is 12.7. The second-order valence-corrected chi connectivity index (χ2v) is 4.22. The number of benzene rings is 2. The van der Waals surface area contributed by atoms with E-state index in [4.69, 9.17) is 0 Å². The standard InChI is InChI=1S/C15H13FN2O2/c1-10-3-2-4-12(14(10)19)9-17-18-15(20)11-5-7-13(16)8-6-11/h2-9,19H,1H3,(H,18,20)/b17-9+. The molecule has 2 aromatic rings. The van der Waals surface area contributed by atoms with E-state index in [1.807, 2.05) is 0 Å². The van der Waals surface area contributed by atoms with E-state index in [-0.39, 0.29) is 5.75 Å². The molecule has 2 aromatic carbocycles. The van der Waals surface area contributed by atoms with Gasteiger partial charge in [0.1, 0.15) is 11.6 Å². The van der Waals surface area contributed by atoms with Crippen LogP contribution in [0.4, 0.5) is 4.39 Å². The summed E-state index contributed by atoms with van der Waals surface area (Å²) in [7, 11) is 0. The van der Waals surface area contributed by atoms with E-state index in [2.05, 4.69) is 10.5 Å². The summed E-state index contributed by atoms with van der Waals surface area (Å²) in [4.78, 5) is 11.7. The molecule has 1 amide bonds. The van der Waals surface area contributed by atoms with Gasteiger partial charge in [-0.25, -0.2) is 9.82 Å². The molecule has 0 radical (unpaired) electrons. The Kier molecular flexibility index (Phi) is 4.10. The first kappa shape index (κ1) is 13.7. The van der Waals surface area contributed by atoms with E-state index in [0.717, 1.165) is 5.56 Å². The number of halogens is 1. The number of carbonyl (C=O) groups excluding carboxylic acids is 1. The first-order valence-electron chi connectivity index (χ1n) is 5.95. The van der Waals surface area contributed by atoms with Crippen LogP contribution in [0.25, 0.3) is 0 Å². The minimum Gasteiger partial charge on any atom is -0.507 e. The van der Waals surface area contributed by atoms with Crippen molar-refractivity contribution in [2.75, 3.05) is 0 Å². The smallest absolute Gasteiger partial charge is 0.271 e. The first-order chi connectivity index (χ1) is 9.58. The van der Waals surface area contributed by atoms with Crippen molar-refractivity contribution < 1.29 is 14.3 Å². The number of nitrogens with zero attached hydrogens (tertiary/aromatic N) is 1. The molecule has 0 bridgehead atoms. The molecule has 0 aliphatic rings. The van der Waals surface area contributed by atoms with Crippen molar-refractivity contribution >= 4 is 12.1 Å². The molecule has 0 spiro atoms. The van der Waals surface area contributed by atoms with Gasteiger partial charge in [-0.05, 0) is 42.8 Å². The SMILES string of the molecule is Cc1cccc(/C=N/NC(=O)c2ccc(F)cc2)c1O. The highest BCUT2D eigenvalue weighted by molar-refractivity contribution is 5.95. The summed E-state index contributed by atoms with van der Waals surface area (Å²) in [6, 6.07) is 10.3. The Hall–Kier alpha value is -2.69. The number of phenolic OH excluding ortho intramolecular Hbond substituents is 1. The lowest BCUT2D eigenvalue weighted by Gasteiger charge is -2.02. The Balaban J connectivity index is 2.04. The first-order valence-corrected chi connectivity index (χ1v) is 5.95. The van der Waals surface area contributed by atoms with Gasteiger partial charge in [0.25, 0.3) is 5.91 Å². The normalized spacial score (nSPS) is 10.7. The molecule has 0 heterocycles. The maximum Gasteiger partial charge on any atom is 0.271 e. The van der Waals surface area contributed by atoms with Gasteiger partial charge >= 0.3 is 0 Å². The van der Waals surface area contributed by atoms with Crippen molar-refractivity contribution in [3.63, 3.8) is 0 Å². The fourth-order valence-electron chi connectivity index (χ4n) is 1.61. The van der Waals surface area contributed by atoms with Gasteiger partial charge in [0.05, 0.1) is 6.21 Å². The summed E-state index contributed by atoms with van der Waals surface area (Å²) in [5.74, 6) is -0.740. The van der Waals surface area contributed by atoms with Gasteiger partial charge < -0.3 is 5.11 Å². The lowest BCUT2D eigenvalue weighted by molar-refractivity contribution is 0.0955. The third-order valence-electron chi connectivity index (χ3n) is 2.75. The fraction of sp³-hybridized carbons (Fsp3) is 0.0667. The molecular formula is C15H13FN2O2. The van der Waals surface area contributed by atoms with Gasteiger partial charge in [0.15, 0.2) is 0 Å². The van der Waals surface area contributed by atoms with Crippen LogP contribution < -0.4 is 5.43 Å². The zero-order valence-electron chi connectivity index (χ0n) is 10.8. The van der Waals surface area contributed by atoms with E-state index < -0.39 is 11.7 Å². The Morgan fingerprint density at radius 1 is 1.25 bits per heavy atom. The van der Waals surface area contributed by atoms with Crippen LogP contribution in [0.15, 0.2) is 47.6 Å². The Labute approximate surface area is 115 Å². The summed E-state index contributed by atoms with van der Waals surface area (Å²) in [5, 5.41) is 13.5. The number of hydrazone groups is 1. The zero-order valence-corrected chi connectivity index (χ0v) is 10.8. The Bertz CT molecular complexity index is 651. The number of carbonyl (C=O) groups is 1. The van der Waals surface area contributed by atoms with Crippen LogP contribution in [0.2, 0.25) is 0 Å². The summed E-state index contributed by atoms with van der Waals surface area (Å²) in [6.45, 7) is 1.77. The van der Waals surface area contributed by atoms with Gasteiger partial charge in [0.2, 0.25) is 0 Å². The molecule has 0 unspecified atom stereocenters. The van der Waals surface area contributed by atoms with E-state index in [9.17, 15) is 14.3 Å². The van der Waals surface area contributed by atoms with Gasteiger partial charge in [-0.2, -0.15) is 5.10 Å². The highest BCUT2D eigenvalue weighted by Crippen LogP contribution is 2.19. The molecule has 4 nitrogen and oxygen atoms in total. The predicted octanol–water partition coefficient (Wildman–Crippen LogP) is 2.60. The third-order valence-corrected chi connectivity index (χ3v) is 2.75. The molecule has 20 heavy (non-hydrogen) atoms. The lowest BCUT2D eigenvalue weighted by Crippen LogP contribution is -2.17. The Morgan fingerprint density at radius 2 is 1.95 bits per heavy atom. The molecule has 5 heteroatoms. The molecule has 102 valence electrons. The quantitative estimate of drug-likeness (QED) is 0.666. The van der Waals surface area contributed by atoms with Gasteiger partial charge in [-0.15, -0.1) is 0 Å². The lowest BCUT2D eigenvalue weighted by atomic mass is 10.1. The molecule has 0 aliphatic carbocycles. The highest BCUT2D eigenvalue weighted by atomic mass is 19.1. The molecule has 2 N–H and O–H groups in total. The molecular weight excluding hydrogens is 259 g/mol. The van der Waals surface area contributed by atoms with Gasteiger partial charge in [0, 0.05) is 11.1 Å². The molecule has 0 aliphatic heterocycles. The molecule has 0 aromatic heterocycles. The average molecular weight is 272 g/mol. The van der Waals surface area contributed by atoms with E-state index in [1.54, 1.807) is 25.1 Å². The van der Waals surface area contributed by atoms with Crippen LogP contribution in [0.5, 0.6) is 5.75 Å². The van der Waals surface area contributed by atoms with Crippen LogP contribution in [-0.4, -0.2) is 17.2 Å². The molecule has 2 rings (SSSR count). The molecule has 0 fully saturated rings. The largest absolute Gasteiger partial charge is 0.507 e. The number of para-hydroxylation sites is 1. The van der Waals surface area contributed by atoms with Crippen molar-refractivity contribution in [2.24, 2.45) is 5.10 Å². The maximum atomic E-state index is 12.7. The number of hydrogen-bond acceptors (Lipinski definition) is 3. The van der Waals surface area contributed by atoms with E-state index in [1.165, 1.54) is 30.5 Å². The molecule has 0 atom stereocenters. The minimum atomic E-state index is -0.451. The number of amides is 1. The molecule has 0 saturated carbocycles.